The van der Waals surface area contributed by atoms with Crippen molar-refractivity contribution in [3.8, 4) is 5.75 Å². The lowest BCUT2D eigenvalue weighted by Gasteiger charge is -2.10. The Kier molecular flexibility index (Phi) is 5.36. The van der Waals surface area contributed by atoms with Gasteiger partial charge in [-0.1, -0.05) is 62.4 Å². The number of hydrogen-bond donors (Lipinski definition) is 3. The molecule has 0 radical (unpaired) electrons. The predicted octanol–water partition coefficient (Wildman–Crippen LogP) is 6.75. The number of hydrogen-bond acceptors (Lipinski definition) is 3. The standard InChI is InChI=1S/C23H18N2O2.C2H6/c26-22-13-20-15(12-16(22)14-27-25-17-6-2-1-3-7-17)10-11-19-18-8-4-5-9-21(18)24-23(19)20;1-2/h1-13,24-26H,14H2;1-2H3. The van der Waals surface area contributed by atoms with E-state index in [1.807, 2.05) is 68.4 Å². The van der Waals surface area contributed by atoms with Crippen molar-refractivity contribution in [1.82, 2.24) is 4.98 Å². The van der Waals surface area contributed by atoms with Gasteiger partial charge in [-0.3, -0.25) is 10.3 Å². The summed E-state index contributed by atoms with van der Waals surface area (Å²) < 4.78 is 0. The molecule has 146 valence electrons. The van der Waals surface area contributed by atoms with Crippen LogP contribution in [0.25, 0.3) is 32.6 Å². The number of anilines is 1. The van der Waals surface area contributed by atoms with E-state index in [1.54, 1.807) is 0 Å². The largest absolute Gasteiger partial charge is 0.508 e. The summed E-state index contributed by atoms with van der Waals surface area (Å²) in [4.78, 5) is 9.03. The molecule has 0 saturated carbocycles. The lowest BCUT2D eigenvalue weighted by atomic mass is 10.0. The fraction of sp³-hybridized carbons (Fsp3) is 0.120. The van der Waals surface area contributed by atoms with E-state index in [9.17, 15) is 5.11 Å². The minimum atomic E-state index is 0.225. The van der Waals surface area contributed by atoms with E-state index in [1.165, 1.54) is 5.39 Å². The van der Waals surface area contributed by atoms with Gasteiger partial charge in [-0.05, 0) is 35.7 Å². The van der Waals surface area contributed by atoms with Crippen LogP contribution in [0, 0.1) is 0 Å². The second-order valence-electron chi connectivity index (χ2n) is 6.62. The number of fused-ring (bicyclic) bond motifs is 5. The zero-order valence-corrected chi connectivity index (χ0v) is 16.6. The number of para-hydroxylation sites is 2. The molecule has 0 amide bonds. The molecule has 4 nitrogen and oxygen atoms in total. The van der Waals surface area contributed by atoms with Crippen LogP contribution >= 0.6 is 0 Å². The van der Waals surface area contributed by atoms with Crippen molar-refractivity contribution in [3.63, 3.8) is 0 Å². The number of aromatic amines is 1. The fourth-order valence-corrected chi connectivity index (χ4v) is 3.55. The number of benzene rings is 4. The van der Waals surface area contributed by atoms with Crippen molar-refractivity contribution in [1.29, 1.82) is 0 Å². The summed E-state index contributed by atoms with van der Waals surface area (Å²) in [7, 11) is 0. The van der Waals surface area contributed by atoms with Gasteiger partial charge in [0.05, 0.1) is 11.2 Å². The minimum Gasteiger partial charge on any atom is -0.508 e. The van der Waals surface area contributed by atoms with Crippen molar-refractivity contribution in [2.45, 2.75) is 20.5 Å². The zero-order valence-electron chi connectivity index (χ0n) is 16.6. The normalized spacial score (nSPS) is 10.8. The smallest absolute Gasteiger partial charge is 0.121 e. The summed E-state index contributed by atoms with van der Waals surface area (Å²) in [5.41, 5.74) is 6.65. The molecule has 3 N–H and O–H groups in total. The maximum Gasteiger partial charge on any atom is 0.121 e. The Morgan fingerprint density at radius 1 is 0.828 bits per heavy atom. The van der Waals surface area contributed by atoms with Gasteiger partial charge in [-0.2, -0.15) is 0 Å². The molecule has 0 aliphatic rings. The Bertz CT molecular complexity index is 1260. The highest BCUT2D eigenvalue weighted by atomic mass is 16.6. The third-order valence-electron chi connectivity index (χ3n) is 4.89. The first-order valence-corrected chi connectivity index (χ1v) is 9.87. The van der Waals surface area contributed by atoms with E-state index in [0.29, 0.717) is 0 Å². The van der Waals surface area contributed by atoms with Gasteiger partial charge in [0.15, 0.2) is 0 Å². The van der Waals surface area contributed by atoms with E-state index >= 15 is 0 Å². The van der Waals surface area contributed by atoms with E-state index in [0.717, 1.165) is 38.4 Å². The molecule has 1 heterocycles. The molecule has 0 aliphatic heterocycles. The first kappa shape index (κ1) is 18.8. The molecule has 1 aromatic heterocycles. The van der Waals surface area contributed by atoms with Crippen LogP contribution in [0.15, 0.2) is 78.9 Å². The summed E-state index contributed by atoms with van der Waals surface area (Å²) in [6, 6.07) is 25.9. The fourth-order valence-electron chi connectivity index (χ4n) is 3.55. The van der Waals surface area contributed by atoms with Gasteiger partial charge in [-0.15, -0.1) is 0 Å². The monoisotopic (exact) mass is 384 g/mol. The maximum absolute atomic E-state index is 10.5. The van der Waals surface area contributed by atoms with E-state index in [4.69, 9.17) is 4.84 Å². The van der Waals surface area contributed by atoms with Crippen LogP contribution in [0.5, 0.6) is 5.75 Å². The van der Waals surface area contributed by atoms with E-state index < -0.39 is 0 Å². The highest BCUT2D eigenvalue weighted by Crippen LogP contribution is 2.34. The predicted molar refractivity (Wildman–Crippen MR) is 121 cm³/mol. The Labute approximate surface area is 169 Å². The molecule has 0 aliphatic carbocycles. The molecule has 0 unspecified atom stereocenters. The summed E-state index contributed by atoms with van der Waals surface area (Å²) in [6.07, 6.45) is 0. The molecule has 29 heavy (non-hydrogen) atoms. The van der Waals surface area contributed by atoms with Gasteiger partial charge >= 0.3 is 0 Å². The van der Waals surface area contributed by atoms with Crippen molar-refractivity contribution < 1.29 is 9.94 Å². The van der Waals surface area contributed by atoms with Gasteiger partial charge in [0.2, 0.25) is 0 Å². The van der Waals surface area contributed by atoms with Gasteiger partial charge in [0.1, 0.15) is 12.4 Å². The zero-order chi connectivity index (χ0) is 20.2. The minimum absolute atomic E-state index is 0.225. The van der Waals surface area contributed by atoms with Crippen molar-refractivity contribution in [2.24, 2.45) is 0 Å². The quantitative estimate of drug-likeness (QED) is 0.300. The average molecular weight is 384 g/mol. The summed E-state index contributed by atoms with van der Waals surface area (Å²) in [5, 5.41) is 14.9. The van der Waals surface area contributed by atoms with Crippen LogP contribution in [-0.2, 0) is 11.4 Å². The number of H-pyrrole nitrogens is 1. The van der Waals surface area contributed by atoms with Gasteiger partial charge in [-0.25, -0.2) is 0 Å². The molecule has 0 bridgehead atoms. The first-order chi connectivity index (χ1) is 14.3. The number of nitrogens with one attached hydrogen (secondary N) is 2. The molecular formula is C25H24N2O2. The highest BCUT2D eigenvalue weighted by Gasteiger charge is 2.11. The number of aromatic nitrogens is 1. The highest BCUT2D eigenvalue weighted by molar-refractivity contribution is 6.17. The van der Waals surface area contributed by atoms with Crippen molar-refractivity contribution >= 4 is 38.3 Å². The Balaban J connectivity index is 0.000000994. The molecule has 0 saturated heterocycles. The number of rotatable bonds is 4. The molecule has 0 spiro atoms. The molecule has 0 fully saturated rings. The maximum atomic E-state index is 10.5. The second kappa shape index (κ2) is 8.25. The summed E-state index contributed by atoms with van der Waals surface area (Å²) >= 11 is 0. The SMILES string of the molecule is CC.Oc1cc2c(ccc3c4ccccc4[nH]c23)cc1CONc1ccccc1. The Morgan fingerprint density at radius 3 is 2.41 bits per heavy atom. The van der Waals surface area contributed by atoms with E-state index in [2.05, 4.69) is 34.7 Å². The summed E-state index contributed by atoms with van der Waals surface area (Å²) in [6.45, 7) is 4.27. The number of aromatic hydroxyl groups is 1. The van der Waals surface area contributed by atoms with Crippen LogP contribution < -0.4 is 5.48 Å². The van der Waals surface area contributed by atoms with Crippen molar-refractivity contribution in [3.05, 3.63) is 84.4 Å². The van der Waals surface area contributed by atoms with Crippen LogP contribution in [0.3, 0.4) is 0 Å². The Morgan fingerprint density at radius 2 is 1.59 bits per heavy atom. The van der Waals surface area contributed by atoms with Gasteiger partial charge in [0, 0.05) is 27.2 Å². The molecule has 4 heteroatoms. The third-order valence-corrected chi connectivity index (χ3v) is 4.89. The topological polar surface area (TPSA) is 57.3 Å². The molecule has 0 atom stereocenters. The number of phenolic OH excluding ortho intramolecular Hbond substituents is 1. The average Bonchev–Trinajstić information content (AvgIpc) is 3.16. The van der Waals surface area contributed by atoms with Crippen molar-refractivity contribution in [2.75, 3.05) is 5.48 Å². The molecule has 5 aromatic rings. The van der Waals surface area contributed by atoms with Gasteiger partial charge in [0.25, 0.3) is 0 Å². The van der Waals surface area contributed by atoms with Gasteiger partial charge < -0.3 is 10.1 Å². The van der Waals surface area contributed by atoms with Crippen LogP contribution in [0.1, 0.15) is 19.4 Å². The molecule has 5 rings (SSSR count). The first-order valence-electron chi connectivity index (χ1n) is 9.87. The molecular weight excluding hydrogens is 360 g/mol. The van der Waals surface area contributed by atoms with Crippen LogP contribution in [0.2, 0.25) is 0 Å². The molecule has 4 aromatic carbocycles. The van der Waals surface area contributed by atoms with E-state index in [-0.39, 0.29) is 12.4 Å². The number of phenols is 1. The Hall–Kier alpha value is -3.50. The van der Waals surface area contributed by atoms with Crippen LogP contribution in [-0.4, -0.2) is 10.1 Å². The lowest BCUT2D eigenvalue weighted by molar-refractivity contribution is 0.177. The second-order valence-corrected chi connectivity index (χ2v) is 6.62. The lowest BCUT2D eigenvalue weighted by Crippen LogP contribution is -2.01. The third kappa shape index (κ3) is 3.62. The summed E-state index contributed by atoms with van der Waals surface area (Å²) in [5.74, 6) is 0.225. The van der Waals surface area contributed by atoms with Crippen LogP contribution in [0.4, 0.5) is 5.69 Å².